The first-order chi connectivity index (χ1) is 7.88. The maximum atomic E-state index is 12.3. The van der Waals surface area contributed by atoms with Crippen LogP contribution in [0.2, 0.25) is 0 Å². The number of nitrogens with zero attached hydrogens (tertiary/aromatic N) is 1. The molecule has 0 bridgehead atoms. The summed E-state index contributed by atoms with van der Waals surface area (Å²) in [7, 11) is 0. The number of piperidine rings is 1. The number of amides is 1. The van der Waals surface area contributed by atoms with E-state index in [4.69, 9.17) is 0 Å². The first-order valence-corrected chi connectivity index (χ1v) is 7.17. The molecular weight excluding hydrogens is 198 g/mol. The molecule has 0 aromatic carbocycles. The van der Waals surface area contributed by atoms with Gasteiger partial charge in [0.2, 0.25) is 5.91 Å². The van der Waals surface area contributed by atoms with Crippen LogP contribution in [-0.2, 0) is 4.79 Å². The van der Waals surface area contributed by atoms with E-state index in [2.05, 4.69) is 4.90 Å². The molecule has 1 saturated heterocycles. The normalized spacial score (nSPS) is 24.9. The maximum Gasteiger partial charge on any atom is 0.225 e. The van der Waals surface area contributed by atoms with Crippen LogP contribution in [0.5, 0.6) is 0 Å². The Hall–Kier alpha value is -0.530. The van der Waals surface area contributed by atoms with Gasteiger partial charge in [0, 0.05) is 19.0 Å². The minimum absolute atomic E-state index is 0.360. The molecule has 0 unspecified atom stereocenters. The highest BCUT2D eigenvalue weighted by Gasteiger charge is 2.25. The fraction of sp³-hybridized carbons (Fsp3) is 0.929. The van der Waals surface area contributed by atoms with Crippen LogP contribution in [0.3, 0.4) is 0 Å². The van der Waals surface area contributed by atoms with E-state index in [9.17, 15) is 4.79 Å². The molecule has 2 heteroatoms. The maximum absolute atomic E-state index is 12.3. The number of carbonyl (C=O) groups is 1. The smallest absolute Gasteiger partial charge is 0.225 e. The minimum atomic E-state index is 0.360. The predicted octanol–water partition coefficient (Wildman–Crippen LogP) is 3.36. The molecule has 1 amide bonds. The van der Waals surface area contributed by atoms with Crippen LogP contribution < -0.4 is 0 Å². The first kappa shape index (κ1) is 11.9. The molecule has 92 valence electrons. The average Bonchev–Trinajstić information content (AvgIpc) is 2.29. The van der Waals surface area contributed by atoms with Gasteiger partial charge in [-0.05, 0) is 32.1 Å². The van der Waals surface area contributed by atoms with Crippen LogP contribution >= 0.6 is 0 Å². The molecule has 0 radical (unpaired) electrons. The van der Waals surface area contributed by atoms with Gasteiger partial charge in [0.05, 0.1) is 0 Å². The standard InChI is InChI=1S/C14H25NO/c16-14(15-11-7-4-8-12-15)13-9-5-2-1-3-6-10-13/h13H,1-12H2. The quantitative estimate of drug-likeness (QED) is 0.667. The molecule has 0 N–H and O–H groups in total. The van der Waals surface area contributed by atoms with Gasteiger partial charge in [-0.25, -0.2) is 0 Å². The van der Waals surface area contributed by atoms with Gasteiger partial charge in [0.1, 0.15) is 0 Å². The van der Waals surface area contributed by atoms with E-state index in [1.807, 2.05) is 0 Å². The Bertz CT molecular complexity index is 213. The topological polar surface area (TPSA) is 20.3 Å². The minimum Gasteiger partial charge on any atom is -0.342 e. The number of carbonyl (C=O) groups excluding carboxylic acids is 1. The van der Waals surface area contributed by atoms with Gasteiger partial charge >= 0.3 is 0 Å². The molecule has 16 heavy (non-hydrogen) atoms. The summed E-state index contributed by atoms with van der Waals surface area (Å²) in [5.74, 6) is 0.833. The lowest BCUT2D eigenvalue weighted by molar-refractivity contribution is -0.137. The Morgan fingerprint density at radius 2 is 1.25 bits per heavy atom. The molecule has 1 aliphatic carbocycles. The lowest BCUT2D eigenvalue weighted by atomic mass is 9.89. The van der Waals surface area contributed by atoms with Crippen molar-refractivity contribution in [3.8, 4) is 0 Å². The average molecular weight is 223 g/mol. The highest BCUT2D eigenvalue weighted by atomic mass is 16.2. The second kappa shape index (κ2) is 6.27. The summed E-state index contributed by atoms with van der Waals surface area (Å²) >= 11 is 0. The van der Waals surface area contributed by atoms with Crippen molar-refractivity contribution in [3.63, 3.8) is 0 Å². The summed E-state index contributed by atoms with van der Waals surface area (Å²) in [6.45, 7) is 2.05. The van der Waals surface area contributed by atoms with Crippen molar-refractivity contribution in [3.05, 3.63) is 0 Å². The molecule has 1 heterocycles. The van der Waals surface area contributed by atoms with Gasteiger partial charge in [-0.3, -0.25) is 4.79 Å². The second-order valence-electron chi connectivity index (χ2n) is 5.43. The largest absolute Gasteiger partial charge is 0.342 e. The molecular formula is C14H25NO. The van der Waals surface area contributed by atoms with Crippen molar-refractivity contribution < 1.29 is 4.79 Å². The van der Waals surface area contributed by atoms with Crippen LogP contribution in [0.25, 0.3) is 0 Å². The Balaban J connectivity index is 1.85. The molecule has 0 atom stereocenters. The molecule has 2 rings (SSSR count). The van der Waals surface area contributed by atoms with Gasteiger partial charge in [-0.15, -0.1) is 0 Å². The van der Waals surface area contributed by atoms with E-state index < -0.39 is 0 Å². The fourth-order valence-electron chi connectivity index (χ4n) is 3.08. The Morgan fingerprint density at radius 3 is 1.88 bits per heavy atom. The Kier molecular flexibility index (Phi) is 4.68. The van der Waals surface area contributed by atoms with Crippen LogP contribution in [-0.4, -0.2) is 23.9 Å². The van der Waals surface area contributed by atoms with E-state index in [1.165, 1.54) is 51.4 Å². The molecule has 2 fully saturated rings. The molecule has 0 aromatic rings. The zero-order chi connectivity index (χ0) is 11.2. The van der Waals surface area contributed by atoms with Gasteiger partial charge < -0.3 is 4.90 Å². The van der Waals surface area contributed by atoms with E-state index in [0.29, 0.717) is 11.8 Å². The third-order valence-electron chi connectivity index (χ3n) is 4.12. The molecule has 1 aliphatic heterocycles. The van der Waals surface area contributed by atoms with Crippen LogP contribution in [0, 0.1) is 5.92 Å². The number of likely N-dealkylation sites (tertiary alicyclic amines) is 1. The van der Waals surface area contributed by atoms with Crippen LogP contribution in [0.15, 0.2) is 0 Å². The third-order valence-corrected chi connectivity index (χ3v) is 4.12. The van der Waals surface area contributed by atoms with Crippen molar-refractivity contribution in [2.24, 2.45) is 5.92 Å². The van der Waals surface area contributed by atoms with Crippen molar-refractivity contribution in [2.45, 2.75) is 64.2 Å². The number of rotatable bonds is 1. The Labute approximate surface area is 99.4 Å². The molecule has 1 saturated carbocycles. The van der Waals surface area contributed by atoms with E-state index in [0.717, 1.165) is 25.9 Å². The zero-order valence-electron chi connectivity index (χ0n) is 10.4. The van der Waals surface area contributed by atoms with Gasteiger partial charge in [-0.1, -0.05) is 32.1 Å². The third kappa shape index (κ3) is 3.23. The monoisotopic (exact) mass is 223 g/mol. The second-order valence-corrected chi connectivity index (χ2v) is 5.43. The highest BCUT2D eigenvalue weighted by molar-refractivity contribution is 5.78. The SMILES string of the molecule is O=C(C1CCCCCCC1)N1CCCCC1. The fourth-order valence-corrected chi connectivity index (χ4v) is 3.08. The summed E-state index contributed by atoms with van der Waals surface area (Å²) in [5, 5.41) is 0. The van der Waals surface area contributed by atoms with Gasteiger partial charge in [0.15, 0.2) is 0 Å². The lowest BCUT2D eigenvalue weighted by Gasteiger charge is -2.31. The van der Waals surface area contributed by atoms with E-state index >= 15 is 0 Å². The summed E-state index contributed by atoms with van der Waals surface area (Å²) in [4.78, 5) is 14.5. The van der Waals surface area contributed by atoms with Crippen molar-refractivity contribution >= 4 is 5.91 Å². The van der Waals surface area contributed by atoms with Gasteiger partial charge in [0.25, 0.3) is 0 Å². The summed E-state index contributed by atoms with van der Waals surface area (Å²) in [6, 6.07) is 0. The molecule has 2 aliphatic rings. The number of hydrogen-bond donors (Lipinski definition) is 0. The van der Waals surface area contributed by atoms with Crippen LogP contribution in [0.4, 0.5) is 0 Å². The molecule has 0 spiro atoms. The van der Waals surface area contributed by atoms with E-state index in [1.54, 1.807) is 0 Å². The van der Waals surface area contributed by atoms with Gasteiger partial charge in [-0.2, -0.15) is 0 Å². The van der Waals surface area contributed by atoms with Crippen molar-refractivity contribution in [1.29, 1.82) is 0 Å². The number of hydrogen-bond acceptors (Lipinski definition) is 1. The Morgan fingerprint density at radius 1 is 0.750 bits per heavy atom. The van der Waals surface area contributed by atoms with Crippen molar-refractivity contribution in [2.75, 3.05) is 13.1 Å². The highest BCUT2D eigenvalue weighted by Crippen LogP contribution is 2.25. The van der Waals surface area contributed by atoms with Crippen molar-refractivity contribution in [1.82, 2.24) is 4.90 Å². The molecule has 2 nitrogen and oxygen atoms in total. The summed E-state index contributed by atoms with van der Waals surface area (Å²) in [5.41, 5.74) is 0. The molecule has 0 aromatic heterocycles. The summed E-state index contributed by atoms with van der Waals surface area (Å²) in [6.07, 6.45) is 12.6. The van der Waals surface area contributed by atoms with E-state index in [-0.39, 0.29) is 0 Å². The zero-order valence-corrected chi connectivity index (χ0v) is 10.4. The van der Waals surface area contributed by atoms with Crippen LogP contribution in [0.1, 0.15) is 64.2 Å². The summed E-state index contributed by atoms with van der Waals surface area (Å²) < 4.78 is 0. The lowest BCUT2D eigenvalue weighted by Crippen LogP contribution is -2.39. The predicted molar refractivity (Wildman–Crippen MR) is 66.2 cm³/mol. The first-order valence-electron chi connectivity index (χ1n) is 7.17.